The fourth-order valence-corrected chi connectivity index (χ4v) is 5.25. The number of benzene rings is 2. The van der Waals surface area contributed by atoms with Crippen LogP contribution in [0.3, 0.4) is 0 Å². The summed E-state index contributed by atoms with van der Waals surface area (Å²) < 4.78 is 2.99. The molecule has 2 N–H and O–H groups in total. The number of rotatable bonds is 8. The Labute approximate surface area is 218 Å². The van der Waals surface area contributed by atoms with Gasteiger partial charge in [-0.05, 0) is 84.7 Å². The van der Waals surface area contributed by atoms with Crippen LogP contribution in [0.5, 0.6) is 0 Å². The standard InChI is InChI=1S/C25H30IN5O2S/c1-14(2)21(28-24(33)18-9-7-15(3)8-10-18)23-29-30-25(31(23)6)34-13-20(32)27-22-16(4)11-19(26)12-17(22)5/h7-12,14,21H,13H2,1-6H3,(H,27,32)(H,28,33)/t21-/m0/s1. The van der Waals surface area contributed by atoms with Crippen molar-refractivity contribution in [1.29, 1.82) is 0 Å². The Morgan fingerprint density at radius 1 is 1.06 bits per heavy atom. The lowest BCUT2D eigenvalue weighted by atomic mass is 10.0. The Morgan fingerprint density at radius 3 is 2.26 bits per heavy atom. The minimum atomic E-state index is -0.313. The summed E-state index contributed by atoms with van der Waals surface area (Å²) in [5.41, 5.74) is 4.62. The molecule has 3 rings (SSSR count). The van der Waals surface area contributed by atoms with Gasteiger partial charge in [-0.2, -0.15) is 0 Å². The van der Waals surface area contributed by atoms with Crippen molar-refractivity contribution in [3.05, 3.63) is 68.0 Å². The number of hydrogen-bond acceptors (Lipinski definition) is 5. The third-order valence-electron chi connectivity index (χ3n) is 5.51. The first-order valence-electron chi connectivity index (χ1n) is 11.0. The summed E-state index contributed by atoms with van der Waals surface area (Å²) in [6.45, 7) is 10.0. The van der Waals surface area contributed by atoms with Crippen molar-refractivity contribution >= 4 is 51.9 Å². The van der Waals surface area contributed by atoms with Gasteiger partial charge in [-0.25, -0.2) is 0 Å². The van der Waals surface area contributed by atoms with Crippen LogP contribution in [0.1, 0.15) is 52.8 Å². The summed E-state index contributed by atoms with van der Waals surface area (Å²) in [6.07, 6.45) is 0. The van der Waals surface area contributed by atoms with E-state index in [9.17, 15) is 9.59 Å². The molecule has 0 fully saturated rings. The number of aromatic nitrogens is 3. The van der Waals surface area contributed by atoms with Crippen molar-refractivity contribution in [2.45, 2.75) is 45.8 Å². The summed E-state index contributed by atoms with van der Waals surface area (Å²) >= 11 is 3.59. The highest BCUT2D eigenvalue weighted by Gasteiger charge is 2.25. The third-order valence-corrected chi connectivity index (χ3v) is 7.15. The molecule has 2 amide bonds. The van der Waals surface area contributed by atoms with E-state index in [1.165, 1.54) is 11.8 Å². The zero-order valence-corrected chi connectivity index (χ0v) is 23.2. The van der Waals surface area contributed by atoms with E-state index < -0.39 is 0 Å². The summed E-state index contributed by atoms with van der Waals surface area (Å²) in [5.74, 6) is 0.709. The van der Waals surface area contributed by atoms with E-state index in [1.807, 2.05) is 82.6 Å². The van der Waals surface area contributed by atoms with Gasteiger partial charge in [-0.3, -0.25) is 9.59 Å². The van der Waals surface area contributed by atoms with E-state index in [2.05, 4.69) is 43.4 Å². The zero-order valence-electron chi connectivity index (χ0n) is 20.3. The maximum Gasteiger partial charge on any atom is 0.251 e. The Bertz CT molecular complexity index is 1170. The van der Waals surface area contributed by atoms with Gasteiger partial charge in [-0.15, -0.1) is 10.2 Å². The molecule has 0 spiro atoms. The number of carbonyl (C=O) groups excluding carboxylic acids is 2. The van der Waals surface area contributed by atoms with E-state index in [4.69, 9.17) is 0 Å². The van der Waals surface area contributed by atoms with Crippen LogP contribution >= 0.6 is 34.4 Å². The monoisotopic (exact) mass is 591 g/mol. The van der Waals surface area contributed by atoms with Crippen LogP contribution in [0, 0.1) is 30.3 Å². The summed E-state index contributed by atoms with van der Waals surface area (Å²) in [4.78, 5) is 25.4. The maximum absolute atomic E-state index is 12.8. The summed E-state index contributed by atoms with van der Waals surface area (Å²) in [5, 5.41) is 15.3. The second-order valence-electron chi connectivity index (χ2n) is 8.71. The van der Waals surface area contributed by atoms with Gasteiger partial charge < -0.3 is 15.2 Å². The quantitative estimate of drug-likeness (QED) is 0.278. The Morgan fingerprint density at radius 2 is 1.68 bits per heavy atom. The van der Waals surface area contributed by atoms with E-state index in [0.717, 1.165) is 25.9 Å². The van der Waals surface area contributed by atoms with Crippen LogP contribution in [-0.2, 0) is 11.8 Å². The Balaban J connectivity index is 1.68. The smallest absolute Gasteiger partial charge is 0.251 e. The molecular formula is C25H30IN5O2S. The molecule has 0 saturated heterocycles. The highest BCUT2D eigenvalue weighted by atomic mass is 127. The second-order valence-corrected chi connectivity index (χ2v) is 10.9. The molecule has 0 saturated carbocycles. The normalized spacial score (nSPS) is 12.0. The zero-order chi connectivity index (χ0) is 25.0. The number of anilines is 1. The fraction of sp³-hybridized carbons (Fsp3) is 0.360. The lowest BCUT2D eigenvalue weighted by molar-refractivity contribution is -0.113. The van der Waals surface area contributed by atoms with Gasteiger partial charge in [0, 0.05) is 21.9 Å². The number of nitrogens with zero attached hydrogens (tertiary/aromatic N) is 3. The molecule has 0 aliphatic heterocycles. The average Bonchev–Trinajstić information content (AvgIpc) is 3.13. The number of thioether (sulfide) groups is 1. The van der Waals surface area contributed by atoms with Crippen LogP contribution in [-0.4, -0.2) is 32.3 Å². The topological polar surface area (TPSA) is 88.9 Å². The molecule has 2 aromatic carbocycles. The van der Waals surface area contributed by atoms with Crippen molar-refractivity contribution in [2.75, 3.05) is 11.1 Å². The molecule has 34 heavy (non-hydrogen) atoms. The summed E-state index contributed by atoms with van der Waals surface area (Å²) in [6, 6.07) is 11.2. The molecule has 7 nitrogen and oxygen atoms in total. The first-order valence-corrected chi connectivity index (χ1v) is 13.1. The van der Waals surface area contributed by atoms with Crippen LogP contribution in [0.4, 0.5) is 5.69 Å². The lowest BCUT2D eigenvalue weighted by Crippen LogP contribution is -2.33. The van der Waals surface area contributed by atoms with Crippen LogP contribution in [0.15, 0.2) is 41.6 Å². The van der Waals surface area contributed by atoms with Gasteiger partial charge in [0.1, 0.15) is 0 Å². The van der Waals surface area contributed by atoms with Crippen LogP contribution in [0.2, 0.25) is 0 Å². The fourth-order valence-electron chi connectivity index (χ4n) is 3.59. The molecule has 180 valence electrons. The maximum atomic E-state index is 12.8. The predicted molar refractivity (Wildman–Crippen MR) is 145 cm³/mol. The minimum absolute atomic E-state index is 0.102. The van der Waals surface area contributed by atoms with Gasteiger partial charge in [0.15, 0.2) is 11.0 Å². The molecule has 0 aliphatic rings. The van der Waals surface area contributed by atoms with Gasteiger partial charge in [0.05, 0.1) is 11.8 Å². The van der Waals surface area contributed by atoms with Crippen molar-refractivity contribution in [2.24, 2.45) is 13.0 Å². The molecule has 0 bridgehead atoms. The minimum Gasteiger partial charge on any atom is -0.342 e. The largest absolute Gasteiger partial charge is 0.342 e. The molecule has 1 atom stereocenters. The van der Waals surface area contributed by atoms with E-state index in [0.29, 0.717) is 16.5 Å². The number of amides is 2. The number of halogens is 1. The molecule has 1 aromatic heterocycles. The van der Waals surface area contributed by atoms with Crippen LogP contribution in [0.25, 0.3) is 0 Å². The van der Waals surface area contributed by atoms with E-state index >= 15 is 0 Å². The molecule has 0 aliphatic carbocycles. The molecule has 1 heterocycles. The van der Waals surface area contributed by atoms with E-state index in [-0.39, 0.29) is 29.5 Å². The Kier molecular flexibility index (Phi) is 8.75. The number of carbonyl (C=O) groups is 2. The molecule has 0 radical (unpaired) electrons. The average molecular weight is 592 g/mol. The first kappa shape index (κ1) is 26.2. The van der Waals surface area contributed by atoms with Crippen molar-refractivity contribution in [1.82, 2.24) is 20.1 Å². The molecule has 3 aromatic rings. The van der Waals surface area contributed by atoms with Gasteiger partial charge >= 0.3 is 0 Å². The van der Waals surface area contributed by atoms with Gasteiger partial charge in [0.2, 0.25) is 5.91 Å². The highest BCUT2D eigenvalue weighted by molar-refractivity contribution is 14.1. The second kappa shape index (κ2) is 11.4. The number of nitrogens with one attached hydrogen (secondary N) is 2. The van der Waals surface area contributed by atoms with Crippen LogP contribution < -0.4 is 10.6 Å². The third kappa shape index (κ3) is 6.38. The first-order chi connectivity index (χ1) is 16.1. The SMILES string of the molecule is Cc1ccc(C(=O)N[C@H](c2nnc(SCC(=O)Nc3c(C)cc(I)cc3C)n2C)C(C)C)cc1. The van der Waals surface area contributed by atoms with Crippen molar-refractivity contribution in [3.63, 3.8) is 0 Å². The van der Waals surface area contributed by atoms with Gasteiger partial charge in [0.25, 0.3) is 5.91 Å². The van der Waals surface area contributed by atoms with Crippen molar-refractivity contribution in [3.8, 4) is 0 Å². The van der Waals surface area contributed by atoms with Gasteiger partial charge in [-0.1, -0.05) is 43.3 Å². The molecular weight excluding hydrogens is 561 g/mol. The number of hydrogen-bond donors (Lipinski definition) is 2. The lowest BCUT2D eigenvalue weighted by Gasteiger charge is -2.21. The highest BCUT2D eigenvalue weighted by Crippen LogP contribution is 2.26. The summed E-state index contributed by atoms with van der Waals surface area (Å²) in [7, 11) is 1.86. The van der Waals surface area contributed by atoms with Crippen molar-refractivity contribution < 1.29 is 9.59 Å². The molecule has 0 unspecified atom stereocenters. The predicted octanol–water partition coefficient (Wildman–Crippen LogP) is 5.20. The Hall–Kier alpha value is -2.40. The molecule has 9 heteroatoms. The number of aryl methyl sites for hydroxylation is 3. The van der Waals surface area contributed by atoms with E-state index in [1.54, 1.807) is 0 Å².